The highest BCUT2D eigenvalue weighted by molar-refractivity contribution is 7.99. The lowest BCUT2D eigenvalue weighted by Crippen LogP contribution is -2.00. The van der Waals surface area contributed by atoms with Gasteiger partial charge in [-0.15, -0.1) is 0 Å². The number of aromatic nitrogens is 2. The number of carbonyl (C=O) groups excluding carboxylic acids is 1. The second-order valence-corrected chi connectivity index (χ2v) is 4.67. The monoisotopic (exact) mass is 275 g/mol. The molecule has 0 N–H and O–H groups in total. The fourth-order valence-electron chi connectivity index (χ4n) is 1.46. The fourth-order valence-corrected chi connectivity index (χ4v) is 2.21. The molecule has 1 aromatic carbocycles. The van der Waals surface area contributed by atoms with E-state index in [-0.39, 0.29) is 17.0 Å². The first kappa shape index (κ1) is 13.2. The normalized spacial score (nSPS) is 10.2. The standard InChI is InChI=1S/C12H9N3O3S/c1-8(16)10-7-9(3-4-11(10)15(17)18)19-12-13-5-2-6-14-12/h2-7H,1H3. The van der Waals surface area contributed by atoms with Crippen LogP contribution in [0.3, 0.4) is 0 Å². The minimum Gasteiger partial charge on any atom is -0.294 e. The molecule has 0 atom stereocenters. The third-order valence-corrected chi connectivity index (χ3v) is 3.18. The van der Waals surface area contributed by atoms with E-state index in [9.17, 15) is 14.9 Å². The molecular weight excluding hydrogens is 266 g/mol. The Kier molecular flexibility index (Phi) is 3.86. The molecule has 0 radical (unpaired) electrons. The minimum atomic E-state index is -0.565. The zero-order valence-electron chi connectivity index (χ0n) is 9.94. The average Bonchev–Trinajstić information content (AvgIpc) is 2.39. The molecule has 0 bridgehead atoms. The van der Waals surface area contributed by atoms with Gasteiger partial charge in [0, 0.05) is 23.4 Å². The van der Waals surface area contributed by atoms with Crippen LogP contribution in [-0.4, -0.2) is 20.7 Å². The zero-order valence-corrected chi connectivity index (χ0v) is 10.8. The largest absolute Gasteiger partial charge is 0.294 e. The molecule has 96 valence electrons. The number of nitrogens with zero attached hydrogens (tertiary/aromatic N) is 3. The summed E-state index contributed by atoms with van der Waals surface area (Å²) in [6.07, 6.45) is 3.21. The molecule has 1 aromatic heterocycles. The molecule has 0 fully saturated rings. The zero-order chi connectivity index (χ0) is 13.8. The molecule has 0 unspecified atom stereocenters. The summed E-state index contributed by atoms with van der Waals surface area (Å²) in [6, 6.07) is 6.08. The summed E-state index contributed by atoms with van der Waals surface area (Å²) in [5, 5.41) is 11.3. The second kappa shape index (κ2) is 5.57. The summed E-state index contributed by atoms with van der Waals surface area (Å²) >= 11 is 1.24. The van der Waals surface area contributed by atoms with Crippen molar-refractivity contribution < 1.29 is 9.72 Å². The van der Waals surface area contributed by atoms with Crippen molar-refractivity contribution in [1.29, 1.82) is 0 Å². The summed E-state index contributed by atoms with van der Waals surface area (Å²) < 4.78 is 0. The van der Waals surface area contributed by atoms with Crippen LogP contribution in [0.5, 0.6) is 0 Å². The Hall–Kier alpha value is -2.28. The van der Waals surface area contributed by atoms with Gasteiger partial charge >= 0.3 is 0 Å². The van der Waals surface area contributed by atoms with Gasteiger partial charge in [0.15, 0.2) is 10.9 Å². The maximum absolute atomic E-state index is 11.4. The molecule has 19 heavy (non-hydrogen) atoms. The average molecular weight is 275 g/mol. The molecule has 6 nitrogen and oxygen atoms in total. The smallest absolute Gasteiger partial charge is 0.280 e. The number of ketones is 1. The van der Waals surface area contributed by atoms with Crippen LogP contribution in [-0.2, 0) is 0 Å². The first-order valence-electron chi connectivity index (χ1n) is 5.32. The Morgan fingerprint density at radius 2 is 2.00 bits per heavy atom. The van der Waals surface area contributed by atoms with Gasteiger partial charge in [0.1, 0.15) is 0 Å². The minimum absolute atomic E-state index is 0.0888. The lowest BCUT2D eigenvalue weighted by atomic mass is 10.1. The summed E-state index contributed by atoms with van der Waals surface area (Å²) in [4.78, 5) is 30.4. The molecule has 0 spiro atoms. The Morgan fingerprint density at radius 1 is 1.32 bits per heavy atom. The molecule has 0 aliphatic carbocycles. The number of benzene rings is 1. The summed E-state index contributed by atoms with van der Waals surface area (Å²) in [5.41, 5.74) is -0.100. The van der Waals surface area contributed by atoms with E-state index < -0.39 is 4.92 Å². The van der Waals surface area contributed by atoms with E-state index in [1.54, 1.807) is 24.5 Å². The lowest BCUT2D eigenvalue weighted by molar-refractivity contribution is -0.385. The molecule has 0 aliphatic rings. The highest BCUT2D eigenvalue weighted by Crippen LogP contribution is 2.29. The predicted octanol–water partition coefficient (Wildman–Crippen LogP) is 2.74. The van der Waals surface area contributed by atoms with Gasteiger partial charge in [-0.25, -0.2) is 9.97 Å². The second-order valence-electron chi connectivity index (χ2n) is 3.63. The van der Waals surface area contributed by atoms with Gasteiger partial charge in [-0.2, -0.15) is 0 Å². The van der Waals surface area contributed by atoms with Crippen molar-refractivity contribution in [2.24, 2.45) is 0 Å². The van der Waals surface area contributed by atoms with Gasteiger partial charge in [0.25, 0.3) is 5.69 Å². The van der Waals surface area contributed by atoms with Crippen LogP contribution in [0.25, 0.3) is 0 Å². The molecule has 0 aliphatic heterocycles. The summed E-state index contributed by atoms with van der Waals surface area (Å²) in [5.74, 6) is -0.344. The van der Waals surface area contributed by atoms with E-state index in [0.717, 1.165) is 0 Å². The first-order valence-corrected chi connectivity index (χ1v) is 6.14. The van der Waals surface area contributed by atoms with E-state index in [1.165, 1.54) is 30.8 Å². The van der Waals surface area contributed by atoms with E-state index >= 15 is 0 Å². The van der Waals surface area contributed by atoms with Crippen molar-refractivity contribution in [2.75, 3.05) is 0 Å². The molecule has 2 aromatic rings. The number of nitro groups is 1. The summed E-state index contributed by atoms with van der Waals surface area (Å²) in [6.45, 7) is 1.30. The van der Waals surface area contributed by atoms with Gasteiger partial charge < -0.3 is 0 Å². The van der Waals surface area contributed by atoms with E-state index in [1.807, 2.05) is 0 Å². The third kappa shape index (κ3) is 3.14. The highest BCUT2D eigenvalue weighted by Gasteiger charge is 2.18. The van der Waals surface area contributed by atoms with Gasteiger partial charge in [0.05, 0.1) is 10.5 Å². The van der Waals surface area contributed by atoms with E-state index in [4.69, 9.17) is 0 Å². The fraction of sp³-hybridized carbons (Fsp3) is 0.0833. The number of rotatable bonds is 4. The molecule has 1 heterocycles. The van der Waals surface area contributed by atoms with Crippen molar-refractivity contribution in [2.45, 2.75) is 17.0 Å². The van der Waals surface area contributed by atoms with Crippen LogP contribution in [0.1, 0.15) is 17.3 Å². The van der Waals surface area contributed by atoms with Crippen molar-refractivity contribution in [3.05, 3.63) is 52.3 Å². The quantitative estimate of drug-likeness (QED) is 0.369. The van der Waals surface area contributed by atoms with Crippen molar-refractivity contribution in [3.63, 3.8) is 0 Å². The number of hydrogen-bond acceptors (Lipinski definition) is 6. The topological polar surface area (TPSA) is 86.0 Å². The van der Waals surface area contributed by atoms with Crippen molar-refractivity contribution in [1.82, 2.24) is 9.97 Å². The number of Topliss-reactive ketones (excluding diaryl/α,β-unsaturated/α-hetero) is 1. The van der Waals surface area contributed by atoms with Crippen LogP contribution >= 0.6 is 11.8 Å². The number of hydrogen-bond donors (Lipinski definition) is 0. The Morgan fingerprint density at radius 3 is 2.58 bits per heavy atom. The maximum Gasteiger partial charge on any atom is 0.280 e. The molecule has 0 saturated carbocycles. The van der Waals surface area contributed by atoms with Crippen molar-refractivity contribution in [3.8, 4) is 0 Å². The molecule has 7 heteroatoms. The first-order chi connectivity index (χ1) is 9.08. The molecule has 0 saturated heterocycles. The maximum atomic E-state index is 11.4. The Bertz CT molecular complexity index is 631. The van der Waals surface area contributed by atoms with Gasteiger partial charge in [-0.05, 0) is 36.9 Å². The third-order valence-electron chi connectivity index (χ3n) is 2.30. The molecular formula is C12H9N3O3S. The van der Waals surface area contributed by atoms with Crippen molar-refractivity contribution >= 4 is 23.2 Å². The lowest BCUT2D eigenvalue weighted by Gasteiger charge is -2.03. The van der Waals surface area contributed by atoms with Gasteiger partial charge in [-0.3, -0.25) is 14.9 Å². The van der Waals surface area contributed by atoms with E-state index in [2.05, 4.69) is 9.97 Å². The Labute approximate surface area is 113 Å². The van der Waals surface area contributed by atoms with Crippen LogP contribution in [0, 0.1) is 10.1 Å². The summed E-state index contributed by atoms with van der Waals surface area (Å²) in [7, 11) is 0. The van der Waals surface area contributed by atoms with Crippen LogP contribution < -0.4 is 0 Å². The van der Waals surface area contributed by atoms with Crippen LogP contribution in [0.4, 0.5) is 5.69 Å². The van der Waals surface area contributed by atoms with Crippen LogP contribution in [0.2, 0.25) is 0 Å². The number of nitro benzene ring substituents is 1. The predicted molar refractivity (Wildman–Crippen MR) is 69.3 cm³/mol. The SMILES string of the molecule is CC(=O)c1cc(Sc2ncccn2)ccc1[N+](=O)[O-]. The van der Waals surface area contributed by atoms with Gasteiger partial charge in [-0.1, -0.05) is 0 Å². The van der Waals surface area contributed by atoms with E-state index in [0.29, 0.717) is 10.1 Å². The highest BCUT2D eigenvalue weighted by atomic mass is 32.2. The molecule has 2 rings (SSSR count). The van der Waals surface area contributed by atoms with Crippen LogP contribution in [0.15, 0.2) is 46.7 Å². The Balaban J connectivity index is 2.36. The molecule has 0 amide bonds. The number of carbonyl (C=O) groups is 1. The van der Waals surface area contributed by atoms with Gasteiger partial charge in [0.2, 0.25) is 0 Å².